The van der Waals surface area contributed by atoms with E-state index in [1.807, 2.05) is 0 Å². The van der Waals surface area contributed by atoms with Crippen LogP contribution in [0.15, 0.2) is 84.5 Å². The van der Waals surface area contributed by atoms with Crippen LogP contribution in [-0.4, -0.2) is 0 Å². The van der Waals surface area contributed by atoms with E-state index in [-0.39, 0.29) is 5.41 Å². The molecule has 0 aromatic heterocycles. The summed E-state index contributed by atoms with van der Waals surface area (Å²) in [5.41, 5.74) is 15.9. The molecular formula is C41H52. The Morgan fingerprint density at radius 2 is 1.78 bits per heavy atom. The van der Waals surface area contributed by atoms with Gasteiger partial charge in [0, 0.05) is 5.92 Å². The monoisotopic (exact) mass is 544 g/mol. The maximum absolute atomic E-state index is 4.63. The zero-order valence-electron chi connectivity index (χ0n) is 26.7. The van der Waals surface area contributed by atoms with Crippen LogP contribution in [0.5, 0.6) is 0 Å². The van der Waals surface area contributed by atoms with E-state index in [0.29, 0.717) is 17.8 Å². The van der Waals surface area contributed by atoms with Gasteiger partial charge in [-0.3, -0.25) is 0 Å². The van der Waals surface area contributed by atoms with Crippen LogP contribution in [0, 0.1) is 42.9 Å². The topological polar surface area (TPSA) is 0 Å². The minimum absolute atomic E-state index is 0.283. The van der Waals surface area contributed by atoms with Crippen molar-refractivity contribution in [1.82, 2.24) is 0 Å². The first-order valence-electron chi connectivity index (χ1n) is 16.0. The van der Waals surface area contributed by atoms with E-state index in [2.05, 4.69) is 110 Å². The minimum Gasteiger partial charge on any atom is -0.0999 e. The van der Waals surface area contributed by atoms with E-state index in [4.69, 9.17) is 0 Å². The van der Waals surface area contributed by atoms with E-state index in [0.717, 1.165) is 25.2 Å². The van der Waals surface area contributed by atoms with Gasteiger partial charge in [0.05, 0.1) is 0 Å². The van der Waals surface area contributed by atoms with Crippen molar-refractivity contribution in [3.8, 4) is 11.1 Å². The van der Waals surface area contributed by atoms with Crippen molar-refractivity contribution in [2.24, 2.45) is 29.1 Å². The average molecular weight is 545 g/mol. The lowest BCUT2D eigenvalue weighted by Gasteiger charge is -2.33. The molecule has 0 aliphatic heterocycles. The lowest BCUT2D eigenvalue weighted by atomic mass is 9.71. The average Bonchev–Trinajstić information content (AvgIpc) is 3.32. The van der Waals surface area contributed by atoms with Gasteiger partial charge in [0.15, 0.2) is 0 Å². The molecule has 3 aliphatic carbocycles. The number of fused-ring (bicyclic) bond motifs is 1. The van der Waals surface area contributed by atoms with E-state index < -0.39 is 0 Å². The third-order valence-corrected chi connectivity index (χ3v) is 10.1. The fourth-order valence-electron chi connectivity index (χ4n) is 7.90. The molecule has 2 aromatic rings. The van der Waals surface area contributed by atoms with Gasteiger partial charge in [0.2, 0.25) is 0 Å². The van der Waals surface area contributed by atoms with Gasteiger partial charge in [-0.1, -0.05) is 124 Å². The fraction of sp³-hybridized carbons (Fsp3) is 0.463. The van der Waals surface area contributed by atoms with Crippen molar-refractivity contribution in [3.63, 3.8) is 0 Å². The van der Waals surface area contributed by atoms with E-state index in [1.165, 1.54) is 87.8 Å². The second-order valence-corrected chi connectivity index (χ2v) is 14.9. The molecule has 3 aliphatic rings. The Balaban J connectivity index is 1.40. The highest BCUT2D eigenvalue weighted by atomic mass is 14.3. The summed E-state index contributed by atoms with van der Waals surface area (Å²) in [7, 11) is 0. The van der Waals surface area contributed by atoms with Crippen LogP contribution in [0.1, 0.15) is 94.0 Å². The van der Waals surface area contributed by atoms with Gasteiger partial charge in [0.1, 0.15) is 0 Å². The van der Waals surface area contributed by atoms with Gasteiger partial charge in [-0.05, 0) is 121 Å². The van der Waals surface area contributed by atoms with Crippen molar-refractivity contribution in [2.75, 3.05) is 0 Å². The molecule has 4 unspecified atom stereocenters. The summed E-state index contributed by atoms with van der Waals surface area (Å²) in [6.45, 7) is 27.2. The van der Waals surface area contributed by atoms with Crippen LogP contribution >= 0.6 is 0 Å². The number of aryl methyl sites for hydroxylation is 2. The molecule has 4 atom stereocenters. The zero-order chi connectivity index (χ0) is 29.5. The Hall–Kier alpha value is -2.86. The van der Waals surface area contributed by atoms with E-state index >= 15 is 0 Å². The summed E-state index contributed by atoms with van der Waals surface area (Å²) in [6.07, 6.45) is 16.7. The molecule has 216 valence electrons. The molecule has 0 saturated heterocycles. The molecule has 0 spiro atoms. The van der Waals surface area contributed by atoms with Crippen LogP contribution < -0.4 is 0 Å². The first kappa shape index (κ1) is 29.6. The van der Waals surface area contributed by atoms with Crippen LogP contribution in [0.25, 0.3) is 17.2 Å². The number of hydrogen-bond donors (Lipinski definition) is 0. The maximum atomic E-state index is 4.63. The van der Waals surface area contributed by atoms with Crippen LogP contribution in [-0.2, 0) is 12.8 Å². The smallest absolute Gasteiger partial charge is 0.00827 e. The number of hydrogen-bond acceptors (Lipinski definition) is 0. The second kappa shape index (κ2) is 11.8. The predicted molar refractivity (Wildman–Crippen MR) is 180 cm³/mol. The largest absolute Gasteiger partial charge is 0.0999 e. The summed E-state index contributed by atoms with van der Waals surface area (Å²) >= 11 is 0. The summed E-state index contributed by atoms with van der Waals surface area (Å²) in [6, 6.07) is 11.8. The molecule has 0 radical (unpaired) electrons. The summed E-state index contributed by atoms with van der Waals surface area (Å²) in [5.74, 6) is 2.21. The number of allylic oxidation sites excluding steroid dienone is 6. The molecule has 1 saturated carbocycles. The highest BCUT2D eigenvalue weighted by Crippen LogP contribution is 2.45. The van der Waals surface area contributed by atoms with Crippen molar-refractivity contribution in [3.05, 3.63) is 112 Å². The molecule has 0 heteroatoms. The number of rotatable bonds is 7. The molecule has 5 rings (SSSR count). The van der Waals surface area contributed by atoms with Gasteiger partial charge in [-0.2, -0.15) is 0 Å². The highest BCUT2D eigenvalue weighted by molar-refractivity contribution is 5.80. The van der Waals surface area contributed by atoms with Crippen molar-refractivity contribution in [1.29, 1.82) is 0 Å². The molecular weight excluding hydrogens is 492 g/mol. The normalized spacial score (nSPS) is 24.4. The van der Waals surface area contributed by atoms with Crippen LogP contribution in [0.2, 0.25) is 0 Å². The number of benzene rings is 2. The Bertz CT molecular complexity index is 1410. The van der Waals surface area contributed by atoms with Crippen molar-refractivity contribution in [2.45, 2.75) is 92.9 Å². The quantitative estimate of drug-likeness (QED) is 0.304. The van der Waals surface area contributed by atoms with Crippen molar-refractivity contribution < 1.29 is 0 Å². The molecule has 41 heavy (non-hydrogen) atoms. The maximum Gasteiger partial charge on any atom is 0.00827 e. The van der Waals surface area contributed by atoms with Crippen LogP contribution in [0.4, 0.5) is 0 Å². The Morgan fingerprint density at radius 3 is 2.51 bits per heavy atom. The van der Waals surface area contributed by atoms with Gasteiger partial charge >= 0.3 is 0 Å². The zero-order valence-corrected chi connectivity index (χ0v) is 26.7. The second-order valence-electron chi connectivity index (χ2n) is 14.9. The van der Waals surface area contributed by atoms with Crippen LogP contribution in [0.3, 0.4) is 0 Å². The van der Waals surface area contributed by atoms with Gasteiger partial charge < -0.3 is 0 Å². The third kappa shape index (κ3) is 6.63. The lowest BCUT2D eigenvalue weighted by molar-refractivity contribution is 0.294. The highest BCUT2D eigenvalue weighted by Gasteiger charge is 2.30. The van der Waals surface area contributed by atoms with Gasteiger partial charge in [0.25, 0.3) is 0 Å². The third-order valence-electron chi connectivity index (χ3n) is 10.1. The first-order chi connectivity index (χ1) is 19.4. The molecule has 0 nitrogen and oxygen atoms in total. The molecule has 0 N–H and O–H groups in total. The minimum atomic E-state index is 0.283. The van der Waals surface area contributed by atoms with Crippen molar-refractivity contribution >= 4 is 6.08 Å². The van der Waals surface area contributed by atoms with E-state index in [1.54, 1.807) is 5.56 Å². The standard InChI is InChI=1S/C41H52/c1-26(2)33-13-10-12-31(20-33)22-38-29(5)18-27(3)19-40(38)36-15-11-14-34-21-32(24-39(34)36)23-37-28(4)16-17-35(30(37)6)25-41(7,8)9/h11,14-19,21,31,33,35,37H,1,4,6,10,12-13,20,22-25H2,2-3,5,7-9H3. The Kier molecular flexibility index (Phi) is 8.52. The van der Waals surface area contributed by atoms with E-state index in [9.17, 15) is 0 Å². The Labute approximate surface area is 251 Å². The van der Waals surface area contributed by atoms with Gasteiger partial charge in [-0.25, -0.2) is 0 Å². The first-order valence-corrected chi connectivity index (χ1v) is 16.0. The summed E-state index contributed by atoms with van der Waals surface area (Å²) < 4.78 is 0. The molecule has 2 aromatic carbocycles. The SMILES string of the molecule is C=C(C)C1CCCC(Cc2c(C)cc(C)cc2-c2cccc3c2CC(CC2C(=C)C=CC(CC(C)(C)C)C2=C)=C3)C1. The molecule has 1 fully saturated rings. The predicted octanol–water partition coefficient (Wildman–Crippen LogP) is 11.6. The molecule has 0 heterocycles. The summed E-state index contributed by atoms with van der Waals surface area (Å²) in [4.78, 5) is 0. The molecule has 0 amide bonds. The summed E-state index contributed by atoms with van der Waals surface area (Å²) in [5, 5.41) is 0. The molecule has 0 bridgehead atoms. The fourth-order valence-corrected chi connectivity index (χ4v) is 7.90. The lowest BCUT2D eigenvalue weighted by Crippen LogP contribution is -2.21. The van der Waals surface area contributed by atoms with Gasteiger partial charge in [-0.15, -0.1) is 0 Å². The Morgan fingerprint density at radius 1 is 1.00 bits per heavy atom.